The lowest BCUT2D eigenvalue weighted by atomic mass is 9.91. The fraction of sp³-hybridized carbons (Fsp3) is 0.233. The third kappa shape index (κ3) is 6.64. The number of primary amides is 1. The molecular weight excluding hydrogens is 468 g/mol. The van der Waals surface area contributed by atoms with Gasteiger partial charge < -0.3 is 20.0 Å². The Balaban J connectivity index is 1.54. The second-order valence-corrected chi connectivity index (χ2v) is 8.81. The fourth-order valence-corrected chi connectivity index (χ4v) is 4.36. The molecule has 3 aromatic carbocycles. The molecule has 37 heavy (non-hydrogen) atoms. The number of hydrogen-bond donors (Lipinski definition) is 2. The van der Waals surface area contributed by atoms with Crippen molar-refractivity contribution < 1.29 is 23.8 Å². The molecule has 0 saturated heterocycles. The molecule has 190 valence electrons. The van der Waals surface area contributed by atoms with E-state index in [-0.39, 0.29) is 13.0 Å². The number of rotatable bonds is 12. The number of amides is 1. The summed E-state index contributed by atoms with van der Waals surface area (Å²) in [6.07, 6.45) is 1.98. The van der Waals surface area contributed by atoms with Crippen LogP contribution in [0.3, 0.4) is 0 Å². The summed E-state index contributed by atoms with van der Waals surface area (Å²) in [5.41, 5.74) is 10.4. The summed E-state index contributed by atoms with van der Waals surface area (Å²) in [7, 11) is 0. The minimum Gasteiger partial charge on any atom is -0.492 e. The Labute approximate surface area is 215 Å². The highest BCUT2D eigenvalue weighted by Crippen LogP contribution is 2.29. The number of oxazole rings is 1. The van der Waals surface area contributed by atoms with Crippen molar-refractivity contribution in [1.29, 1.82) is 0 Å². The first-order chi connectivity index (χ1) is 17.9. The molecule has 1 amide bonds. The van der Waals surface area contributed by atoms with Gasteiger partial charge in [-0.25, -0.2) is 4.98 Å². The first-order valence-corrected chi connectivity index (χ1v) is 12.3. The molecule has 4 aromatic rings. The van der Waals surface area contributed by atoms with Crippen LogP contribution in [-0.4, -0.2) is 28.6 Å². The van der Waals surface area contributed by atoms with Crippen molar-refractivity contribution in [3.8, 4) is 17.2 Å². The first kappa shape index (κ1) is 25.7. The van der Waals surface area contributed by atoms with Gasteiger partial charge in [-0.05, 0) is 61.1 Å². The minimum absolute atomic E-state index is 0.0358. The van der Waals surface area contributed by atoms with Gasteiger partial charge in [-0.2, -0.15) is 0 Å². The van der Waals surface area contributed by atoms with E-state index in [2.05, 4.69) is 4.98 Å². The number of aromatic nitrogens is 1. The summed E-state index contributed by atoms with van der Waals surface area (Å²) in [5, 5.41) is 9.20. The van der Waals surface area contributed by atoms with Crippen LogP contribution in [0.4, 0.5) is 0 Å². The quantitative estimate of drug-likeness (QED) is 0.278. The smallest absolute Gasteiger partial charge is 0.303 e. The molecule has 0 saturated carbocycles. The molecule has 0 aliphatic heterocycles. The maximum Gasteiger partial charge on any atom is 0.303 e. The molecule has 0 atom stereocenters. The van der Waals surface area contributed by atoms with Crippen LogP contribution >= 0.6 is 0 Å². The summed E-state index contributed by atoms with van der Waals surface area (Å²) in [6.45, 7) is 2.14. The van der Waals surface area contributed by atoms with Gasteiger partial charge in [0.05, 0.1) is 17.9 Å². The number of carbonyl (C=O) groups is 2. The van der Waals surface area contributed by atoms with Gasteiger partial charge in [-0.1, -0.05) is 54.6 Å². The Hall–Kier alpha value is -4.39. The number of nitrogens with zero attached hydrogens (tertiary/aromatic N) is 1. The summed E-state index contributed by atoms with van der Waals surface area (Å²) in [6, 6.07) is 23.1. The predicted octanol–water partition coefficient (Wildman–Crippen LogP) is 5.17. The Kier molecular flexibility index (Phi) is 8.36. The van der Waals surface area contributed by atoms with Gasteiger partial charge in [0.15, 0.2) is 0 Å². The number of aryl methyl sites for hydroxylation is 3. The van der Waals surface area contributed by atoms with E-state index >= 15 is 0 Å². The van der Waals surface area contributed by atoms with Crippen molar-refractivity contribution in [2.75, 3.05) is 6.61 Å². The van der Waals surface area contributed by atoms with Crippen molar-refractivity contribution in [1.82, 2.24) is 4.98 Å². The Morgan fingerprint density at radius 2 is 1.62 bits per heavy atom. The van der Waals surface area contributed by atoms with Crippen molar-refractivity contribution in [3.05, 3.63) is 107 Å². The van der Waals surface area contributed by atoms with Crippen molar-refractivity contribution in [2.45, 2.75) is 39.0 Å². The number of carboxylic acids is 1. The maximum absolute atomic E-state index is 12.6. The average Bonchev–Trinajstić information content (AvgIpc) is 3.27. The molecule has 0 spiro atoms. The number of hydrogen-bond acceptors (Lipinski definition) is 5. The molecule has 0 aliphatic carbocycles. The number of carbonyl (C=O) groups excluding carboxylic acids is 1. The lowest BCUT2D eigenvalue weighted by Crippen LogP contribution is -2.19. The molecule has 0 bridgehead atoms. The number of ether oxygens (including phenoxy) is 1. The zero-order chi connectivity index (χ0) is 26.2. The molecule has 1 heterocycles. The van der Waals surface area contributed by atoms with Gasteiger partial charge in [-0.15, -0.1) is 0 Å². The van der Waals surface area contributed by atoms with Gasteiger partial charge in [0, 0.05) is 18.4 Å². The Morgan fingerprint density at radius 3 is 2.30 bits per heavy atom. The zero-order valence-corrected chi connectivity index (χ0v) is 20.8. The van der Waals surface area contributed by atoms with E-state index in [0.29, 0.717) is 48.6 Å². The molecule has 1 aromatic heterocycles. The topological polar surface area (TPSA) is 116 Å². The van der Waals surface area contributed by atoms with E-state index in [4.69, 9.17) is 14.9 Å². The third-order valence-electron chi connectivity index (χ3n) is 6.24. The Bertz CT molecular complexity index is 1360. The molecule has 0 aliphatic rings. The molecule has 0 radical (unpaired) electrons. The van der Waals surface area contributed by atoms with Crippen LogP contribution in [0.2, 0.25) is 0 Å². The largest absolute Gasteiger partial charge is 0.492 e. The normalized spacial score (nSPS) is 10.8. The van der Waals surface area contributed by atoms with Crippen LogP contribution in [0.15, 0.2) is 77.2 Å². The highest BCUT2D eigenvalue weighted by molar-refractivity contribution is 5.97. The van der Waals surface area contributed by atoms with Crippen LogP contribution < -0.4 is 10.5 Å². The zero-order valence-electron chi connectivity index (χ0n) is 20.8. The van der Waals surface area contributed by atoms with Gasteiger partial charge in [0.2, 0.25) is 5.89 Å². The molecule has 0 fully saturated rings. The van der Waals surface area contributed by atoms with E-state index in [9.17, 15) is 14.7 Å². The second kappa shape index (κ2) is 12.0. The average molecular weight is 499 g/mol. The van der Waals surface area contributed by atoms with Crippen molar-refractivity contribution in [3.63, 3.8) is 0 Å². The summed E-state index contributed by atoms with van der Waals surface area (Å²) >= 11 is 0. The van der Waals surface area contributed by atoms with Crippen molar-refractivity contribution in [2.24, 2.45) is 5.73 Å². The monoisotopic (exact) mass is 498 g/mol. The lowest BCUT2D eigenvalue weighted by Gasteiger charge is -2.17. The number of aliphatic carboxylic acids is 1. The predicted molar refractivity (Wildman–Crippen MR) is 141 cm³/mol. The highest BCUT2D eigenvalue weighted by atomic mass is 16.5. The molecule has 4 rings (SSSR count). The molecule has 7 nitrogen and oxygen atoms in total. The van der Waals surface area contributed by atoms with Crippen LogP contribution in [0.1, 0.15) is 44.9 Å². The van der Waals surface area contributed by atoms with Gasteiger partial charge in [0.1, 0.15) is 11.5 Å². The van der Waals surface area contributed by atoms with E-state index in [0.717, 1.165) is 27.9 Å². The highest BCUT2D eigenvalue weighted by Gasteiger charge is 2.20. The molecular formula is C30H30N2O5. The SMILES string of the molecule is Cc1oc(-c2ccccc2)nc1CCOc1ccc(CCC(=O)O)c(CCc2ccccc2)c1C(N)=O. The van der Waals surface area contributed by atoms with E-state index in [1.165, 1.54) is 0 Å². The van der Waals surface area contributed by atoms with Gasteiger partial charge >= 0.3 is 5.97 Å². The molecule has 3 N–H and O–H groups in total. The minimum atomic E-state index is -0.896. The Morgan fingerprint density at radius 1 is 0.919 bits per heavy atom. The van der Waals surface area contributed by atoms with Gasteiger partial charge in [0.25, 0.3) is 5.91 Å². The van der Waals surface area contributed by atoms with E-state index in [1.807, 2.05) is 73.7 Å². The van der Waals surface area contributed by atoms with Gasteiger partial charge in [-0.3, -0.25) is 9.59 Å². The number of benzene rings is 3. The molecule has 7 heteroatoms. The van der Waals surface area contributed by atoms with E-state index < -0.39 is 11.9 Å². The maximum atomic E-state index is 12.6. The summed E-state index contributed by atoms with van der Waals surface area (Å²) in [5.74, 6) is 0.160. The van der Waals surface area contributed by atoms with E-state index in [1.54, 1.807) is 6.07 Å². The number of nitrogens with two attached hydrogens (primary N) is 1. The number of carboxylic acid groups (broad SMARTS) is 1. The van der Waals surface area contributed by atoms with Crippen molar-refractivity contribution >= 4 is 11.9 Å². The van der Waals surface area contributed by atoms with Crippen LogP contribution in [0.25, 0.3) is 11.5 Å². The fourth-order valence-electron chi connectivity index (χ4n) is 4.36. The van der Waals surface area contributed by atoms with Crippen LogP contribution in [0, 0.1) is 6.92 Å². The van der Waals surface area contributed by atoms with Crippen LogP contribution in [-0.2, 0) is 30.5 Å². The lowest BCUT2D eigenvalue weighted by molar-refractivity contribution is -0.136. The first-order valence-electron chi connectivity index (χ1n) is 12.3. The second-order valence-electron chi connectivity index (χ2n) is 8.81. The summed E-state index contributed by atoms with van der Waals surface area (Å²) < 4.78 is 11.9. The standard InChI is InChI=1S/C30H30N2O5/c1-20-25(32-30(37-20)23-10-6-3-7-11-23)18-19-36-26-16-13-22(14-17-27(33)34)24(28(26)29(31)35)15-12-21-8-4-2-5-9-21/h2-11,13,16H,12,14-15,17-19H2,1H3,(H2,31,35)(H,33,34). The molecule has 0 unspecified atom stereocenters. The van der Waals surface area contributed by atoms with Crippen LogP contribution in [0.5, 0.6) is 5.75 Å². The summed E-state index contributed by atoms with van der Waals surface area (Å²) in [4.78, 5) is 28.4. The third-order valence-corrected chi connectivity index (χ3v) is 6.24.